The minimum Gasteiger partial charge on any atom is -0.490 e. The minimum atomic E-state index is 0.167. The minimum absolute atomic E-state index is 0.167. The third-order valence-corrected chi connectivity index (χ3v) is 4.24. The molecule has 4 heteroatoms. The normalized spacial score (nSPS) is 12.2. The maximum absolute atomic E-state index is 6.09. The van der Waals surface area contributed by atoms with Crippen molar-refractivity contribution in [2.24, 2.45) is 5.73 Å². The van der Waals surface area contributed by atoms with Gasteiger partial charge in [-0.05, 0) is 49.3 Å². The van der Waals surface area contributed by atoms with Gasteiger partial charge in [-0.25, -0.2) is 0 Å². The fourth-order valence-electron chi connectivity index (χ4n) is 2.06. The van der Waals surface area contributed by atoms with Gasteiger partial charge in [0.25, 0.3) is 0 Å². The average molecular weight is 311 g/mol. The van der Waals surface area contributed by atoms with Gasteiger partial charge in [0.15, 0.2) is 11.5 Å². The molecule has 1 rings (SSSR count). The molecule has 3 nitrogen and oxygen atoms in total. The lowest BCUT2D eigenvalue weighted by Crippen LogP contribution is -2.22. The van der Waals surface area contributed by atoms with Crippen LogP contribution in [-0.2, 0) is 6.42 Å². The van der Waals surface area contributed by atoms with Crippen LogP contribution in [0.15, 0.2) is 18.2 Å². The predicted octanol–water partition coefficient (Wildman–Crippen LogP) is 3.89. The highest BCUT2D eigenvalue weighted by Crippen LogP contribution is 2.32. The monoisotopic (exact) mass is 311 g/mol. The van der Waals surface area contributed by atoms with Crippen LogP contribution in [0.25, 0.3) is 0 Å². The molecule has 0 aliphatic rings. The summed E-state index contributed by atoms with van der Waals surface area (Å²) in [6.45, 7) is 7.66. The van der Waals surface area contributed by atoms with E-state index < -0.39 is 0 Å². The number of hydrogen-bond donors (Lipinski definition) is 1. The number of para-hydroxylation sites is 1. The molecule has 1 atom stereocenters. The Morgan fingerprint density at radius 1 is 1.19 bits per heavy atom. The first-order valence-corrected chi connectivity index (χ1v) is 9.09. The van der Waals surface area contributed by atoms with Gasteiger partial charge in [-0.2, -0.15) is 11.8 Å². The van der Waals surface area contributed by atoms with Crippen molar-refractivity contribution in [1.29, 1.82) is 0 Å². The summed E-state index contributed by atoms with van der Waals surface area (Å²) in [4.78, 5) is 0. The molecule has 0 radical (unpaired) electrons. The summed E-state index contributed by atoms with van der Waals surface area (Å²) in [6, 6.07) is 6.25. The predicted molar refractivity (Wildman–Crippen MR) is 92.7 cm³/mol. The molecule has 1 aromatic carbocycles. The summed E-state index contributed by atoms with van der Waals surface area (Å²) in [5.74, 6) is 4.01. The lowest BCUT2D eigenvalue weighted by atomic mass is 10.0. The van der Waals surface area contributed by atoms with E-state index in [4.69, 9.17) is 15.2 Å². The van der Waals surface area contributed by atoms with Crippen LogP contribution in [0.3, 0.4) is 0 Å². The van der Waals surface area contributed by atoms with Crippen molar-refractivity contribution in [3.05, 3.63) is 23.8 Å². The highest BCUT2D eigenvalue weighted by atomic mass is 32.2. The molecule has 0 heterocycles. The molecule has 0 amide bonds. The van der Waals surface area contributed by atoms with Crippen LogP contribution in [0, 0.1) is 0 Å². The summed E-state index contributed by atoms with van der Waals surface area (Å²) in [5, 5.41) is 0. The van der Waals surface area contributed by atoms with Crippen molar-refractivity contribution in [2.45, 2.75) is 46.1 Å². The number of rotatable bonds is 11. The van der Waals surface area contributed by atoms with E-state index in [0.717, 1.165) is 54.4 Å². The number of ether oxygens (including phenoxy) is 2. The molecular weight excluding hydrogens is 282 g/mol. The Bertz CT molecular complexity index is 398. The zero-order valence-electron chi connectivity index (χ0n) is 13.6. The van der Waals surface area contributed by atoms with Crippen molar-refractivity contribution >= 4 is 11.8 Å². The Labute approximate surface area is 133 Å². The third kappa shape index (κ3) is 6.62. The van der Waals surface area contributed by atoms with Gasteiger partial charge >= 0.3 is 0 Å². The molecule has 0 saturated heterocycles. The zero-order chi connectivity index (χ0) is 15.5. The van der Waals surface area contributed by atoms with Crippen LogP contribution in [0.4, 0.5) is 0 Å². The first-order chi connectivity index (χ1) is 10.2. The molecule has 120 valence electrons. The molecule has 0 bridgehead atoms. The summed E-state index contributed by atoms with van der Waals surface area (Å²) < 4.78 is 11.7. The second kappa shape index (κ2) is 10.8. The van der Waals surface area contributed by atoms with Gasteiger partial charge in [0.1, 0.15) is 0 Å². The quantitative estimate of drug-likeness (QED) is 0.630. The maximum Gasteiger partial charge on any atom is 0.164 e. The highest BCUT2D eigenvalue weighted by molar-refractivity contribution is 7.99. The van der Waals surface area contributed by atoms with Gasteiger partial charge in [0.2, 0.25) is 0 Å². The molecule has 1 aromatic rings. The van der Waals surface area contributed by atoms with E-state index in [1.807, 2.05) is 30.8 Å². The maximum atomic E-state index is 6.09. The average Bonchev–Trinajstić information content (AvgIpc) is 2.49. The summed E-state index contributed by atoms with van der Waals surface area (Å²) in [7, 11) is 0. The fraction of sp³-hybridized carbons (Fsp3) is 0.647. The molecular formula is C17H29NO2S. The molecule has 21 heavy (non-hydrogen) atoms. The number of benzene rings is 1. The molecule has 0 fully saturated rings. The fourth-order valence-corrected chi connectivity index (χ4v) is 2.67. The lowest BCUT2D eigenvalue weighted by Gasteiger charge is -2.17. The van der Waals surface area contributed by atoms with E-state index in [0.29, 0.717) is 6.61 Å². The Morgan fingerprint density at radius 3 is 2.67 bits per heavy atom. The van der Waals surface area contributed by atoms with E-state index in [-0.39, 0.29) is 6.04 Å². The van der Waals surface area contributed by atoms with Crippen LogP contribution >= 0.6 is 11.8 Å². The van der Waals surface area contributed by atoms with Crippen LogP contribution < -0.4 is 15.2 Å². The van der Waals surface area contributed by atoms with E-state index >= 15 is 0 Å². The molecule has 2 N–H and O–H groups in total. The number of thioether (sulfide) groups is 1. The summed E-state index contributed by atoms with van der Waals surface area (Å²) >= 11 is 1.94. The van der Waals surface area contributed by atoms with Gasteiger partial charge in [-0.1, -0.05) is 26.0 Å². The van der Waals surface area contributed by atoms with Gasteiger partial charge in [0, 0.05) is 6.04 Å². The van der Waals surface area contributed by atoms with Crippen LogP contribution in [0.2, 0.25) is 0 Å². The molecule has 1 unspecified atom stereocenters. The van der Waals surface area contributed by atoms with E-state index in [9.17, 15) is 0 Å². The molecule has 0 aliphatic heterocycles. The summed E-state index contributed by atoms with van der Waals surface area (Å²) in [6.07, 6.45) is 2.85. The van der Waals surface area contributed by atoms with Crippen LogP contribution in [0.5, 0.6) is 11.5 Å². The molecule has 0 aromatic heterocycles. The Balaban J connectivity index is 2.74. The summed E-state index contributed by atoms with van der Waals surface area (Å²) in [5.41, 5.74) is 7.24. The van der Waals surface area contributed by atoms with Crippen molar-refractivity contribution in [3.8, 4) is 11.5 Å². The van der Waals surface area contributed by atoms with Gasteiger partial charge in [-0.3, -0.25) is 0 Å². The second-order valence-electron chi connectivity index (χ2n) is 4.95. The van der Waals surface area contributed by atoms with Crippen LogP contribution in [0.1, 0.15) is 39.2 Å². The number of nitrogens with two attached hydrogens (primary N) is 1. The Kier molecular flexibility index (Phi) is 9.35. The second-order valence-corrected chi connectivity index (χ2v) is 6.34. The first kappa shape index (κ1) is 18.2. The first-order valence-electron chi connectivity index (χ1n) is 7.93. The lowest BCUT2D eigenvalue weighted by molar-refractivity contribution is 0.274. The standard InChI is InChI=1S/C17H29NO2S/c1-4-15(18)13-14-9-7-10-16(19-5-2)17(14)20-11-8-12-21-6-3/h7,9-10,15H,4-6,8,11-13,18H2,1-3H3. The molecule has 0 aliphatic carbocycles. The Morgan fingerprint density at radius 2 is 2.00 bits per heavy atom. The van der Waals surface area contributed by atoms with E-state index in [2.05, 4.69) is 19.9 Å². The van der Waals surface area contributed by atoms with Gasteiger partial charge in [0.05, 0.1) is 13.2 Å². The van der Waals surface area contributed by atoms with Gasteiger partial charge in [-0.15, -0.1) is 0 Å². The molecule has 0 spiro atoms. The van der Waals surface area contributed by atoms with Crippen LogP contribution in [-0.4, -0.2) is 30.8 Å². The number of hydrogen-bond acceptors (Lipinski definition) is 4. The highest BCUT2D eigenvalue weighted by Gasteiger charge is 2.13. The van der Waals surface area contributed by atoms with E-state index in [1.54, 1.807) is 0 Å². The Hall–Kier alpha value is -0.870. The smallest absolute Gasteiger partial charge is 0.164 e. The third-order valence-electron chi connectivity index (χ3n) is 3.25. The van der Waals surface area contributed by atoms with E-state index in [1.165, 1.54) is 0 Å². The van der Waals surface area contributed by atoms with Crippen molar-refractivity contribution in [3.63, 3.8) is 0 Å². The van der Waals surface area contributed by atoms with Gasteiger partial charge < -0.3 is 15.2 Å². The van der Waals surface area contributed by atoms with Crippen molar-refractivity contribution < 1.29 is 9.47 Å². The molecule has 0 saturated carbocycles. The largest absolute Gasteiger partial charge is 0.490 e. The zero-order valence-corrected chi connectivity index (χ0v) is 14.4. The topological polar surface area (TPSA) is 44.5 Å². The van der Waals surface area contributed by atoms with Crippen molar-refractivity contribution in [2.75, 3.05) is 24.7 Å². The SMILES string of the molecule is CCOc1cccc(CC(N)CC)c1OCCCSCC. The van der Waals surface area contributed by atoms with Crippen molar-refractivity contribution in [1.82, 2.24) is 0 Å².